The number of aromatic nitrogens is 2. The van der Waals surface area contributed by atoms with Crippen molar-refractivity contribution >= 4 is 0 Å². The Hall–Kier alpha value is -0.830. The summed E-state index contributed by atoms with van der Waals surface area (Å²) < 4.78 is 2.43. The average Bonchev–Trinajstić information content (AvgIpc) is 2.83. The molecule has 1 saturated heterocycles. The summed E-state index contributed by atoms with van der Waals surface area (Å²) in [6.07, 6.45) is 10.0. The number of hydrogen-bond donors (Lipinski definition) is 0. The molecule has 0 N–H and O–H groups in total. The van der Waals surface area contributed by atoms with Gasteiger partial charge in [-0.15, -0.1) is 0 Å². The highest BCUT2D eigenvalue weighted by molar-refractivity contribution is 5.09. The predicted molar refractivity (Wildman–Crippen MR) is 83.0 cm³/mol. The lowest BCUT2D eigenvalue weighted by Crippen LogP contribution is -2.38. The maximum absolute atomic E-state index is 4.90. The van der Waals surface area contributed by atoms with Gasteiger partial charge in [0.25, 0.3) is 0 Å². The van der Waals surface area contributed by atoms with Gasteiger partial charge in [-0.25, -0.2) is 4.98 Å². The van der Waals surface area contributed by atoms with Gasteiger partial charge in [-0.2, -0.15) is 0 Å². The summed E-state index contributed by atoms with van der Waals surface area (Å²) in [7, 11) is 0. The van der Waals surface area contributed by atoms with Crippen molar-refractivity contribution in [2.75, 3.05) is 13.1 Å². The molecule has 2 aliphatic heterocycles. The molecule has 1 aromatic heterocycles. The third-order valence-electron chi connectivity index (χ3n) is 5.23. The second-order valence-electron chi connectivity index (χ2n) is 7.07. The normalized spacial score (nSPS) is 25.1. The van der Waals surface area contributed by atoms with Crippen LogP contribution in [0.25, 0.3) is 0 Å². The van der Waals surface area contributed by atoms with Gasteiger partial charge in [-0.3, -0.25) is 0 Å². The first-order chi connectivity index (χ1) is 9.63. The predicted octanol–water partition coefficient (Wildman–Crippen LogP) is 3.44. The molecule has 0 bridgehead atoms. The number of aryl methyl sites for hydroxylation is 1. The first-order valence-electron chi connectivity index (χ1n) is 8.44. The highest BCUT2D eigenvalue weighted by Gasteiger charge is 2.23. The van der Waals surface area contributed by atoms with E-state index >= 15 is 0 Å². The Bertz CT molecular complexity index is 441. The van der Waals surface area contributed by atoms with Gasteiger partial charge in [0.2, 0.25) is 0 Å². The van der Waals surface area contributed by atoms with Crippen LogP contribution in [0.2, 0.25) is 0 Å². The molecule has 3 rings (SSSR count). The van der Waals surface area contributed by atoms with Crippen LogP contribution in [-0.2, 0) is 12.8 Å². The number of imidazole rings is 1. The van der Waals surface area contributed by atoms with Gasteiger partial charge >= 0.3 is 0 Å². The van der Waals surface area contributed by atoms with E-state index in [-0.39, 0.29) is 0 Å². The first-order valence-corrected chi connectivity index (χ1v) is 8.44. The first kappa shape index (κ1) is 14.1. The number of piperidine rings is 1. The summed E-state index contributed by atoms with van der Waals surface area (Å²) in [6, 6.07) is 1.36. The van der Waals surface area contributed by atoms with E-state index in [9.17, 15) is 0 Å². The Kier molecular flexibility index (Phi) is 4.16. The fraction of sp³-hybridized carbons (Fsp3) is 0.824. The fourth-order valence-electron chi connectivity index (χ4n) is 3.82. The molecule has 1 fully saturated rings. The van der Waals surface area contributed by atoms with Crippen LogP contribution in [0.15, 0.2) is 6.20 Å². The summed E-state index contributed by atoms with van der Waals surface area (Å²) in [5.74, 6) is 2.18. The number of hydrogen-bond acceptors (Lipinski definition) is 2. The van der Waals surface area contributed by atoms with E-state index in [4.69, 9.17) is 4.98 Å². The zero-order valence-corrected chi connectivity index (χ0v) is 13.3. The van der Waals surface area contributed by atoms with Crippen molar-refractivity contribution in [3.63, 3.8) is 0 Å². The third kappa shape index (κ3) is 2.93. The van der Waals surface area contributed by atoms with Crippen molar-refractivity contribution in [2.45, 2.75) is 71.4 Å². The average molecular weight is 275 g/mol. The van der Waals surface area contributed by atoms with Gasteiger partial charge in [0.05, 0.1) is 5.69 Å². The maximum atomic E-state index is 4.90. The standard InChI is InChI=1S/C17H29N3/c1-13(2)19-9-7-15(8-10-19)11-16-12-20-14(3)5-4-6-17(20)18-16/h12-15H,4-11H2,1-3H3. The van der Waals surface area contributed by atoms with E-state index in [2.05, 4.69) is 36.4 Å². The van der Waals surface area contributed by atoms with E-state index in [1.807, 2.05) is 0 Å². The largest absolute Gasteiger partial charge is 0.332 e. The third-order valence-corrected chi connectivity index (χ3v) is 5.23. The maximum Gasteiger partial charge on any atom is 0.109 e. The molecule has 1 unspecified atom stereocenters. The van der Waals surface area contributed by atoms with Gasteiger partial charge in [-0.05, 0) is 71.9 Å². The van der Waals surface area contributed by atoms with Gasteiger partial charge < -0.3 is 9.47 Å². The zero-order valence-electron chi connectivity index (χ0n) is 13.3. The van der Waals surface area contributed by atoms with Crippen molar-refractivity contribution in [2.24, 2.45) is 5.92 Å². The zero-order chi connectivity index (χ0) is 14.1. The van der Waals surface area contributed by atoms with E-state index in [1.165, 1.54) is 63.1 Å². The lowest BCUT2D eigenvalue weighted by molar-refractivity contribution is 0.149. The second kappa shape index (κ2) is 5.88. The van der Waals surface area contributed by atoms with E-state index in [0.717, 1.165) is 5.92 Å². The van der Waals surface area contributed by atoms with Gasteiger partial charge in [0, 0.05) is 24.7 Å². The minimum Gasteiger partial charge on any atom is -0.332 e. The molecule has 3 heteroatoms. The van der Waals surface area contributed by atoms with Crippen LogP contribution in [0.5, 0.6) is 0 Å². The Morgan fingerprint density at radius 2 is 2.00 bits per heavy atom. The van der Waals surface area contributed by atoms with Crippen LogP contribution >= 0.6 is 0 Å². The fourth-order valence-corrected chi connectivity index (χ4v) is 3.82. The van der Waals surface area contributed by atoms with Gasteiger partial charge in [0.15, 0.2) is 0 Å². The molecule has 0 aliphatic carbocycles. The molecule has 0 aromatic carbocycles. The van der Waals surface area contributed by atoms with Crippen molar-refractivity contribution in [1.29, 1.82) is 0 Å². The van der Waals surface area contributed by atoms with E-state index < -0.39 is 0 Å². The molecule has 20 heavy (non-hydrogen) atoms. The van der Waals surface area contributed by atoms with Crippen molar-refractivity contribution < 1.29 is 0 Å². The molecule has 0 saturated carbocycles. The molecule has 112 valence electrons. The molecular weight excluding hydrogens is 246 g/mol. The topological polar surface area (TPSA) is 21.1 Å². The molecule has 1 aromatic rings. The molecule has 3 nitrogen and oxygen atoms in total. The van der Waals surface area contributed by atoms with E-state index in [1.54, 1.807) is 0 Å². The molecular formula is C17H29N3. The summed E-state index contributed by atoms with van der Waals surface area (Å²) in [6.45, 7) is 9.49. The SMILES string of the molecule is CC(C)N1CCC(Cc2cn3c(n2)CCCC3C)CC1. The smallest absolute Gasteiger partial charge is 0.109 e. The van der Waals surface area contributed by atoms with E-state index in [0.29, 0.717) is 12.1 Å². The highest BCUT2D eigenvalue weighted by Crippen LogP contribution is 2.27. The van der Waals surface area contributed by atoms with Crippen molar-refractivity contribution in [1.82, 2.24) is 14.5 Å². The Balaban J connectivity index is 1.59. The van der Waals surface area contributed by atoms with Gasteiger partial charge in [-0.1, -0.05) is 0 Å². The van der Waals surface area contributed by atoms with Crippen molar-refractivity contribution in [3.05, 3.63) is 17.7 Å². The molecule has 3 heterocycles. The van der Waals surface area contributed by atoms with Gasteiger partial charge in [0.1, 0.15) is 5.82 Å². The second-order valence-corrected chi connectivity index (χ2v) is 7.07. The lowest BCUT2D eigenvalue weighted by Gasteiger charge is -2.34. The summed E-state index contributed by atoms with van der Waals surface area (Å²) >= 11 is 0. The quantitative estimate of drug-likeness (QED) is 0.842. The van der Waals surface area contributed by atoms with Crippen LogP contribution in [0.3, 0.4) is 0 Å². The van der Waals surface area contributed by atoms with Crippen LogP contribution in [-0.4, -0.2) is 33.6 Å². The molecule has 1 atom stereocenters. The Morgan fingerprint density at radius 1 is 1.25 bits per heavy atom. The molecule has 0 spiro atoms. The molecule has 2 aliphatic rings. The minimum absolute atomic E-state index is 0.655. The van der Waals surface area contributed by atoms with Crippen LogP contribution in [0.1, 0.15) is 64.0 Å². The minimum atomic E-state index is 0.655. The monoisotopic (exact) mass is 275 g/mol. The lowest BCUT2D eigenvalue weighted by atomic mass is 9.92. The summed E-state index contributed by atoms with van der Waals surface area (Å²) in [5.41, 5.74) is 1.34. The highest BCUT2D eigenvalue weighted by atomic mass is 15.1. The molecule has 0 amide bonds. The van der Waals surface area contributed by atoms with Crippen molar-refractivity contribution in [3.8, 4) is 0 Å². The number of nitrogens with zero attached hydrogens (tertiary/aromatic N) is 3. The number of rotatable bonds is 3. The van der Waals surface area contributed by atoms with Crippen LogP contribution < -0.4 is 0 Å². The Labute approximate surface area is 123 Å². The van der Waals surface area contributed by atoms with Crippen LogP contribution in [0.4, 0.5) is 0 Å². The van der Waals surface area contributed by atoms with Crippen LogP contribution in [0, 0.1) is 5.92 Å². The summed E-state index contributed by atoms with van der Waals surface area (Å²) in [4.78, 5) is 7.51. The number of likely N-dealkylation sites (tertiary alicyclic amines) is 1. The number of fused-ring (bicyclic) bond motifs is 1. The Morgan fingerprint density at radius 3 is 2.65 bits per heavy atom. The molecule has 0 radical (unpaired) electrons. The summed E-state index contributed by atoms with van der Waals surface area (Å²) in [5, 5.41) is 0.